The number of nitriles is 1. The van der Waals surface area contributed by atoms with Crippen LogP contribution in [0, 0.1) is 16.7 Å². The Labute approximate surface area is 160 Å². The highest BCUT2D eigenvalue weighted by Crippen LogP contribution is 2.51. The van der Waals surface area contributed by atoms with Crippen LogP contribution in [0.2, 0.25) is 0 Å². The van der Waals surface area contributed by atoms with Crippen LogP contribution in [0.25, 0.3) is 11.0 Å². The number of anilines is 1. The van der Waals surface area contributed by atoms with Crippen LogP contribution in [-0.2, 0) is 4.79 Å². The minimum Gasteiger partial charge on any atom is -0.358 e. The molecule has 3 aromatic rings. The molecule has 3 heterocycles. The van der Waals surface area contributed by atoms with Gasteiger partial charge in [-0.1, -0.05) is 13.8 Å². The zero-order valence-electron chi connectivity index (χ0n) is 15.1. The summed E-state index contributed by atoms with van der Waals surface area (Å²) in [5, 5.41) is 12.8. The van der Waals surface area contributed by atoms with Gasteiger partial charge in [-0.15, -0.1) is 11.3 Å². The van der Waals surface area contributed by atoms with E-state index in [1.165, 1.54) is 11.3 Å². The van der Waals surface area contributed by atoms with Gasteiger partial charge in [0.15, 0.2) is 5.78 Å². The maximum absolute atomic E-state index is 13.2. The number of allylic oxidation sites excluding steroid dienone is 2. The largest absolute Gasteiger partial charge is 0.358 e. The summed E-state index contributed by atoms with van der Waals surface area (Å²) >= 11 is 1.46. The molecule has 27 heavy (non-hydrogen) atoms. The number of nitrogens with zero attached hydrogens (tertiary/aromatic N) is 2. The van der Waals surface area contributed by atoms with E-state index in [9.17, 15) is 10.1 Å². The Balaban J connectivity index is 1.80. The highest BCUT2D eigenvalue weighted by Gasteiger charge is 2.42. The van der Waals surface area contributed by atoms with Gasteiger partial charge in [0.1, 0.15) is 10.9 Å². The lowest BCUT2D eigenvalue weighted by atomic mass is 9.70. The summed E-state index contributed by atoms with van der Waals surface area (Å²) in [4.78, 5) is 22.6. The van der Waals surface area contributed by atoms with Crippen molar-refractivity contribution >= 4 is 33.8 Å². The zero-order valence-corrected chi connectivity index (χ0v) is 15.9. The molecule has 2 aromatic heterocycles. The first kappa shape index (κ1) is 16.3. The molecule has 2 aliphatic rings. The number of fused-ring (bicyclic) bond motifs is 3. The maximum atomic E-state index is 13.2. The maximum Gasteiger partial charge on any atom is 0.162 e. The van der Waals surface area contributed by atoms with Crippen molar-refractivity contribution in [3.05, 3.63) is 57.2 Å². The molecule has 1 aliphatic heterocycles. The van der Waals surface area contributed by atoms with Gasteiger partial charge in [-0.25, -0.2) is 4.98 Å². The Morgan fingerprint density at radius 2 is 2.11 bits per heavy atom. The third-order valence-electron chi connectivity index (χ3n) is 5.44. The fourth-order valence-electron chi connectivity index (χ4n) is 4.37. The standard InChI is InChI=1S/C21H18N4OS/c1-21(2)7-14-17(15(26)8-21)19(16-6-3-11(9-22)27-16)18-12(25-14)4-5-13-20(18)24-10-23-13/h3-6,10,19,25H,7-8H2,1-2H3,(H,23,24). The number of hydrogen-bond acceptors (Lipinski definition) is 5. The number of carbonyl (C=O) groups is 1. The fraction of sp³-hybridized carbons (Fsp3) is 0.286. The molecule has 0 spiro atoms. The molecule has 0 amide bonds. The van der Waals surface area contributed by atoms with Crippen molar-refractivity contribution in [1.82, 2.24) is 9.97 Å². The quantitative estimate of drug-likeness (QED) is 0.647. The van der Waals surface area contributed by atoms with Crippen molar-refractivity contribution in [2.75, 3.05) is 5.32 Å². The van der Waals surface area contributed by atoms with E-state index in [0.717, 1.165) is 44.9 Å². The van der Waals surface area contributed by atoms with Crippen LogP contribution in [0.5, 0.6) is 0 Å². The monoisotopic (exact) mass is 374 g/mol. The third-order valence-corrected chi connectivity index (χ3v) is 6.49. The summed E-state index contributed by atoms with van der Waals surface area (Å²) in [6.45, 7) is 4.27. The molecule has 0 bridgehead atoms. The first-order valence-corrected chi connectivity index (χ1v) is 9.77. The number of carbonyl (C=O) groups excluding carboxylic acids is 1. The topological polar surface area (TPSA) is 81.6 Å². The van der Waals surface area contributed by atoms with Gasteiger partial charge in [-0.05, 0) is 36.1 Å². The molecule has 2 N–H and O–H groups in total. The van der Waals surface area contributed by atoms with Crippen molar-refractivity contribution < 1.29 is 4.79 Å². The highest BCUT2D eigenvalue weighted by atomic mass is 32.1. The molecular weight excluding hydrogens is 356 g/mol. The lowest BCUT2D eigenvalue weighted by Gasteiger charge is -2.39. The Hall–Kier alpha value is -2.91. The predicted octanol–water partition coefficient (Wildman–Crippen LogP) is 4.70. The van der Waals surface area contributed by atoms with Crippen LogP contribution in [-0.4, -0.2) is 15.8 Å². The first-order chi connectivity index (χ1) is 13.0. The second-order valence-corrected chi connectivity index (χ2v) is 9.15. The average Bonchev–Trinajstić information content (AvgIpc) is 3.27. The molecule has 1 unspecified atom stereocenters. The van der Waals surface area contributed by atoms with Crippen LogP contribution in [0.1, 0.15) is 47.9 Å². The van der Waals surface area contributed by atoms with Crippen LogP contribution < -0.4 is 5.32 Å². The van der Waals surface area contributed by atoms with Crippen molar-refractivity contribution in [3.8, 4) is 6.07 Å². The van der Waals surface area contributed by atoms with Gasteiger partial charge in [0.25, 0.3) is 0 Å². The van der Waals surface area contributed by atoms with Crippen molar-refractivity contribution in [1.29, 1.82) is 5.26 Å². The first-order valence-electron chi connectivity index (χ1n) is 8.96. The number of thiophene rings is 1. The number of rotatable bonds is 1. The SMILES string of the molecule is CC1(C)CC(=O)C2=C(C1)Nc1ccc3[nH]cnc3c1C2c1ccc(C#N)s1. The molecule has 0 saturated carbocycles. The number of aromatic nitrogens is 2. The van der Waals surface area contributed by atoms with Gasteiger partial charge in [0.2, 0.25) is 0 Å². The normalized spacial score (nSPS) is 20.8. The number of imidazole rings is 1. The molecule has 5 nitrogen and oxygen atoms in total. The van der Waals surface area contributed by atoms with E-state index in [4.69, 9.17) is 0 Å². The van der Waals surface area contributed by atoms with Gasteiger partial charge in [0.05, 0.1) is 23.3 Å². The van der Waals surface area contributed by atoms with Crippen LogP contribution in [0.3, 0.4) is 0 Å². The van der Waals surface area contributed by atoms with Crippen LogP contribution >= 0.6 is 11.3 Å². The van der Waals surface area contributed by atoms with Crippen molar-refractivity contribution in [2.24, 2.45) is 5.41 Å². The van der Waals surface area contributed by atoms with Crippen LogP contribution in [0.4, 0.5) is 5.69 Å². The number of benzene rings is 1. The Morgan fingerprint density at radius 1 is 1.26 bits per heavy atom. The molecule has 6 heteroatoms. The minimum absolute atomic E-state index is 0.0608. The Kier molecular flexibility index (Phi) is 3.34. The molecule has 1 aliphatic carbocycles. The summed E-state index contributed by atoms with van der Waals surface area (Å²) in [6, 6.07) is 10.1. The van der Waals surface area contributed by atoms with Gasteiger partial charge in [-0.2, -0.15) is 5.26 Å². The van der Waals surface area contributed by atoms with E-state index in [1.807, 2.05) is 18.2 Å². The van der Waals surface area contributed by atoms with Crippen molar-refractivity contribution in [2.45, 2.75) is 32.6 Å². The average molecular weight is 374 g/mol. The van der Waals surface area contributed by atoms with Crippen molar-refractivity contribution in [3.63, 3.8) is 0 Å². The van der Waals surface area contributed by atoms with E-state index >= 15 is 0 Å². The smallest absolute Gasteiger partial charge is 0.162 e. The molecule has 0 fully saturated rings. The number of nitrogens with one attached hydrogen (secondary N) is 2. The second kappa shape index (κ2) is 5.54. The lowest BCUT2D eigenvalue weighted by molar-refractivity contribution is -0.118. The molecule has 1 atom stereocenters. The number of hydrogen-bond donors (Lipinski definition) is 2. The van der Waals surface area contributed by atoms with Gasteiger partial charge >= 0.3 is 0 Å². The Bertz CT molecular complexity index is 1170. The van der Waals surface area contributed by atoms with Gasteiger partial charge in [0, 0.05) is 33.8 Å². The molecular formula is C21H18N4OS. The number of ketones is 1. The predicted molar refractivity (Wildman–Crippen MR) is 106 cm³/mol. The van der Waals surface area contributed by atoms with Gasteiger partial charge < -0.3 is 10.3 Å². The van der Waals surface area contributed by atoms with E-state index in [-0.39, 0.29) is 17.1 Å². The van der Waals surface area contributed by atoms with E-state index < -0.39 is 0 Å². The number of Topliss-reactive ketones (excluding diaryl/α,β-unsaturated/α-hetero) is 1. The van der Waals surface area contributed by atoms with Gasteiger partial charge in [-0.3, -0.25) is 4.79 Å². The molecule has 134 valence electrons. The second-order valence-electron chi connectivity index (χ2n) is 8.03. The van der Waals surface area contributed by atoms with E-state index in [1.54, 1.807) is 6.33 Å². The number of H-pyrrole nitrogens is 1. The Morgan fingerprint density at radius 3 is 2.89 bits per heavy atom. The summed E-state index contributed by atoms with van der Waals surface area (Å²) in [5.74, 6) is 0.00259. The van der Waals surface area contributed by atoms with E-state index in [0.29, 0.717) is 11.3 Å². The van der Waals surface area contributed by atoms with E-state index in [2.05, 4.69) is 41.3 Å². The summed E-state index contributed by atoms with van der Waals surface area (Å²) in [5.41, 5.74) is 5.63. The minimum atomic E-state index is -0.182. The third kappa shape index (κ3) is 2.42. The fourth-order valence-corrected chi connectivity index (χ4v) is 5.30. The summed E-state index contributed by atoms with van der Waals surface area (Å²) in [6.07, 6.45) is 3.05. The molecule has 5 rings (SSSR count). The lowest BCUT2D eigenvalue weighted by Crippen LogP contribution is -2.33. The molecule has 0 saturated heterocycles. The summed E-state index contributed by atoms with van der Waals surface area (Å²) < 4.78 is 0. The summed E-state index contributed by atoms with van der Waals surface area (Å²) in [7, 11) is 0. The molecule has 0 radical (unpaired) electrons. The molecule has 1 aromatic carbocycles. The highest BCUT2D eigenvalue weighted by molar-refractivity contribution is 7.12. The number of aromatic amines is 1. The zero-order chi connectivity index (χ0) is 18.8. The van der Waals surface area contributed by atoms with Crippen LogP contribution in [0.15, 0.2) is 41.9 Å².